The fraction of sp³-hybridized carbons (Fsp3) is 0.636. The number of hydrogen-bond acceptors (Lipinski definition) is 6. The lowest BCUT2D eigenvalue weighted by atomic mass is 10.0. The van der Waals surface area contributed by atoms with Crippen LogP contribution in [-0.2, 0) is 4.74 Å². The van der Waals surface area contributed by atoms with E-state index in [0.717, 1.165) is 5.56 Å². The van der Waals surface area contributed by atoms with Crippen LogP contribution in [0.15, 0.2) is 6.33 Å². The Kier molecular flexibility index (Phi) is 3.44. The van der Waals surface area contributed by atoms with Gasteiger partial charge in [0.2, 0.25) is 5.88 Å². The molecule has 6 nitrogen and oxygen atoms in total. The summed E-state index contributed by atoms with van der Waals surface area (Å²) in [5, 5.41) is 13.2. The highest BCUT2D eigenvalue weighted by Gasteiger charge is 2.32. The van der Waals surface area contributed by atoms with E-state index in [9.17, 15) is 5.11 Å². The third kappa shape index (κ3) is 2.65. The van der Waals surface area contributed by atoms with E-state index in [2.05, 4.69) is 15.3 Å². The quantitative estimate of drug-likeness (QED) is 0.790. The van der Waals surface area contributed by atoms with Gasteiger partial charge in [-0.2, -0.15) is 0 Å². The van der Waals surface area contributed by atoms with Gasteiger partial charge in [-0.15, -0.1) is 0 Å². The fourth-order valence-electron chi connectivity index (χ4n) is 1.80. The summed E-state index contributed by atoms with van der Waals surface area (Å²) in [6, 6.07) is 0. The SMILES string of the molecule is COc1ncnc(NCC2(O)CCOC2)c1C. The highest BCUT2D eigenvalue weighted by Crippen LogP contribution is 2.22. The summed E-state index contributed by atoms with van der Waals surface area (Å²) in [5.41, 5.74) is 0.0301. The van der Waals surface area contributed by atoms with Crippen molar-refractivity contribution in [3.63, 3.8) is 0 Å². The molecular formula is C11H17N3O3. The highest BCUT2D eigenvalue weighted by atomic mass is 16.5. The van der Waals surface area contributed by atoms with Gasteiger partial charge in [-0.25, -0.2) is 9.97 Å². The number of rotatable bonds is 4. The summed E-state index contributed by atoms with van der Waals surface area (Å²) in [6.07, 6.45) is 2.07. The molecule has 1 atom stereocenters. The predicted octanol–water partition coefficient (Wildman–Crippen LogP) is 0.357. The summed E-state index contributed by atoms with van der Waals surface area (Å²) in [4.78, 5) is 8.12. The van der Waals surface area contributed by atoms with Gasteiger partial charge in [0.15, 0.2) is 0 Å². The maximum atomic E-state index is 10.1. The fourth-order valence-corrected chi connectivity index (χ4v) is 1.80. The van der Waals surface area contributed by atoms with Crippen molar-refractivity contribution in [2.45, 2.75) is 18.9 Å². The normalized spacial score (nSPS) is 23.7. The van der Waals surface area contributed by atoms with Crippen molar-refractivity contribution in [1.29, 1.82) is 0 Å². The Labute approximate surface area is 100.0 Å². The Balaban J connectivity index is 2.03. The van der Waals surface area contributed by atoms with Gasteiger partial charge in [-0.3, -0.25) is 0 Å². The van der Waals surface area contributed by atoms with Crippen LogP contribution in [0.3, 0.4) is 0 Å². The molecule has 2 rings (SSSR count). The molecule has 1 saturated heterocycles. The number of hydrogen-bond donors (Lipinski definition) is 2. The van der Waals surface area contributed by atoms with Crippen molar-refractivity contribution < 1.29 is 14.6 Å². The van der Waals surface area contributed by atoms with Crippen molar-refractivity contribution >= 4 is 5.82 Å². The summed E-state index contributed by atoms with van der Waals surface area (Å²) < 4.78 is 10.3. The summed E-state index contributed by atoms with van der Waals surface area (Å²) in [7, 11) is 1.57. The molecule has 1 fully saturated rings. The first kappa shape index (κ1) is 12.1. The van der Waals surface area contributed by atoms with Gasteiger partial charge in [0.25, 0.3) is 0 Å². The first-order valence-electron chi connectivity index (χ1n) is 5.54. The zero-order valence-corrected chi connectivity index (χ0v) is 10.1. The van der Waals surface area contributed by atoms with Gasteiger partial charge in [0.05, 0.1) is 19.3 Å². The third-order valence-electron chi connectivity index (χ3n) is 2.90. The van der Waals surface area contributed by atoms with E-state index in [4.69, 9.17) is 9.47 Å². The molecule has 1 aromatic rings. The van der Waals surface area contributed by atoms with Crippen molar-refractivity contribution in [3.05, 3.63) is 11.9 Å². The average molecular weight is 239 g/mol. The average Bonchev–Trinajstić information content (AvgIpc) is 2.75. The predicted molar refractivity (Wildman–Crippen MR) is 62.2 cm³/mol. The molecule has 0 spiro atoms. The molecule has 0 radical (unpaired) electrons. The standard InChI is InChI=1S/C11H17N3O3/c1-8-9(13-7-14-10(8)16-2)12-5-11(15)3-4-17-6-11/h7,15H,3-6H2,1-2H3,(H,12,13,14). The third-order valence-corrected chi connectivity index (χ3v) is 2.90. The van der Waals surface area contributed by atoms with E-state index >= 15 is 0 Å². The topological polar surface area (TPSA) is 76.5 Å². The minimum atomic E-state index is -0.801. The lowest BCUT2D eigenvalue weighted by Gasteiger charge is -2.21. The second-order valence-electron chi connectivity index (χ2n) is 4.24. The Morgan fingerprint density at radius 3 is 3.06 bits per heavy atom. The maximum Gasteiger partial charge on any atom is 0.221 e. The van der Waals surface area contributed by atoms with Crippen LogP contribution in [0.4, 0.5) is 5.82 Å². The molecule has 1 aliphatic rings. The lowest BCUT2D eigenvalue weighted by molar-refractivity contribution is 0.0381. The van der Waals surface area contributed by atoms with Crippen LogP contribution in [0.25, 0.3) is 0 Å². The smallest absolute Gasteiger partial charge is 0.221 e. The number of methoxy groups -OCH3 is 1. The minimum Gasteiger partial charge on any atom is -0.481 e. The van der Waals surface area contributed by atoms with Gasteiger partial charge >= 0.3 is 0 Å². The van der Waals surface area contributed by atoms with Gasteiger partial charge in [-0.05, 0) is 6.92 Å². The molecular weight excluding hydrogens is 222 g/mol. The van der Waals surface area contributed by atoms with Crippen molar-refractivity contribution in [3.8, 4) is 5.88 Å². The molecule has 0 bridgehead atoms. The molecule has 1 aromatic heterocycles. The number of aromatic nitrogens is 2. The second-order valence-corrected chi connectivity index (χ2v) is 4.24. The molecule has 94 valence electrons. The largest absolute Gasteiger partial charge is 0.481 e. The second kappa shape index (κ2) is 4.85. The Morgan fingerprint density at radius 1 is 1.59 bits per heavy atom. The van der Waals surface area contributed by atoms with Gasteiger partial charge in [-0.1, -0.05) is 0 Å². The maximum absolute atomic E-state index is 10.1. The van der Waals surface area contributed by atoms with Crippen LogP contribution in [-0.4, -0.2) is 47.5 Å². The lowest BCUT2D eigenvalue weighted by Crippen LogP contribution is -2.37. The number of ether oxygens (including phenoxy) is 2. The molecule has 0 saturated carbocycles. The molecule has 1 unspecified atom stereocenters. The van der Waals surface area contributed by atoms with E-state index in [1.165, 1.54) is 6.33 Å². The summed E-state index contributed by atoms with van der Waals surface area (Å²) >= 11 is 0. The monoisotopic (exact) mass is 239 g/mol. The van der Waals surface area contributed by atoms with Crippen LogP contribution < -0.4 is 10.1 Å². The van der Waals surface area contributed by atoms with Gasteiger partial charge in [0.1, 0.15) is 17.7 Å². The van der Waals surface area contributed by atoms with Gasteiger partial charge in [0, 0.05) is 19.6 Å². The van der Waals surface area contributed by atoms with Crippen LogP contribution in [0.1, 0.15) is 12.0 Å². The van der Waals surface area contributed by atoms with Gasteiger partial charge < -0.3 is 19.9 Å². The molecule has 0 amide bonds. The van der Waals surface area contributed by atoms with Crippen molar-refractivity contribution in [2.24, 2.45) is 0 Å². The molecule has 1 aliphatic heterocycles. The molecule has 2 N–H and O–H groups in total. The van der Waals surface area contributed by atoms with Crippen LogP contribution in [0, 0.1) is 6.92 Å². The zero-order chi connectivity index (χ0) is 12.3. The van der Waals surface area contributed by atoms with Crippen LogP contribution >= 0.6 is 0 Å². The Morgan fingerprint density at radius 2 is 2.41 bits per heavy atom. The highest BCUT2D eigenvalue weighted by molar-refractivity contribution is 5.47. The summed E-state index contributed by atoms with van der Waals surface area (Å²) in [5.74, 6) is 1.22. The Bertz CT molecular complexity index is 392. The summed E-state index contributed by atoms with van der Waals surface area (Å²) in [6.45, 7) is 3.25. The van der Waals surface area contributed by atoms with E-state index in [1.807, 2.05) is 6.92 Å². The first-order chi connectivity index (χ1) is 8.14. The van der Waals surface area contributed by atoms with E-state index < -0.39 is 5.60 Å². The minimum absolute atomic E-state index is 0.362. The molecule has 2 heterocycles. The van der Waals surface area contributed by atoms with E-state index in [-0.39, 0.29) is 0 Å². The van der Waals surface area contributed by atoms with Crippen molar-refractivity contribution in [2.75, 3.05) is 32.2 Å². The number of aliphatic hydroxyl groups is 1. The molecule has 17 heavy (non-hydrogen) atoms. The van der Waals surface area contributed by atoms with Crippen LogP contribution in [0.5, 0.6) is 5.88 Å². The molecule has 6 heteroatoms. The number of anilines is 1. The van der Waals surface area contributed by atoms with Crippen LogP contribution in [0.2, 0.25) is 0 Å². The Hall–Kier alpha value is -1.40. The molecule has 0 aliphatic carbocycles. The zero-order valence-electron chi connectivity index (χ0n) is 10.1. The first-order valence-corrected chi connectivity index (χ1v) is 5.54. The van der Waals surface area contributed by atoms with E-state index in [0.29, 0.717) is 37.9 Å². The molecule has 0 aromatic carbocycles. The number of nitrogens with one attached hydrogen (secondary N) is 1. The number of nitrogens with zero attached hydrogens (tertiary/aromatic N) is 2. The van der Waals surface area contributed by atoms with Crippen molar-refractivity contribution in [1.82, 2.24) is 9.97 Å². The van der Waals surface area contributed by atoms with E-state index in [1.54, 1.807) is 7.11 Å².